The lowest BCUT2D eigenvalue weighted by molar-refractivity contribution is -0.124. The number of para-hydroxylation sites is 1. The predicted molar refractivity (Wildman–Crippen MR) is 168 cm³/mol. The number of nitrogens with zero attached hydrogens (tertiary/aromatic N) is 3. The highest BCUT2D eigenvalue weighted by molar-refractivity contribution is 5.97. The molecule has 2 atom stereocenters. The molecule has 3 amide bonds. The second-order valence-electron chi connectivity index (χ2n) is 11.3. The van der Waals surface area contributed by atoms with Gasteiger partial charge in [-0.05, 0) is 60.9 Å². The van der Waals surface area contributed by atoms with E-state index >= 15 is 0 Å². The summed E-state index contributed by atoms with van der Waals surface area (Å²) in [4.78, 5) is 48.5. The van der Waals surface area contributed by atoms with E-state index in [4.69, 9.17) is 14.2 Å². The molecule has 1 aromatic heterocycles. The smallest absolute Gasteiger partial charge is 0.272 e. The van der Waals surface area contributed by atoms with E-state index in [1.54, 1.807) is 36.3 Å². The van der Waals surface area contributed by atoms with Gasteiger partial charge in [0, 0.05) is 30.6 Å². The number of pyridine rings is 1. The third kappa shape index (κ3) is 6.76. The summed E-state index contributed by atoms with van der Waals surface area (Å²) in [6.45, 7) is 3.19. The lowest BCUT2D eigenvalue weighted by atomic mass is 10.0. The molecule has 0 unspecified atom stereocenters. The molecule has 6 rings (SSSR count). The van der Waals surface area contributed by atoms with Crippen LogP contribution in [0.15, 0.2) is 78.9 Å². The van der Waals surface area contributed by atoms with Gasteiger partial charge in [-0.15, -0.1) is 0 Å². The highest BCUT2D eigenvalue weighted by atomic mass is 16.5. The molecule has 1 saturated heterocycles. The van der Waals surface area contributed by atoms with Crippen molar-refractivity contribution in [3.8, 4) is 17.2 Å². The van der Waals surface area contributed by atoms with E-state index in [1.807, 2.05) is 61.5 Å². The van der Waals surface area contributed by atoms with E-state index < -0.39 is 6.10 Å². The van der Waals surface area contributed by atoms with Crippen molar-refractivity contribution in [3.05, 3.63) is 95.7 Å². The molecule has 232 valence electrons. The zero-order valence-electron chi connectivity index (χ0n) is 25.4. The Balaban J connectivity index is 1.28. The second kappa shape index (κ2) is 13.4. The van der Waals surface area contributed by atoms with Crippen LogP contribution in [0.1, 0.15) is 46.2 Å². The summed E-state index contributed by atoms with van der Waals surface area (Å²) in [6, 6.07) is 23.4. The van der Waals surface area contributed by atoms with E-state index in [1.165, 1.54) is 4.90 Å². The van der Waals surface area contributed by atoms with Crippen LogP contribution < -0.4 is 14.8 Å². The Morgan fingerprint density at radius 2 is 1.91 bits per heavy atom. The Morgan fingerprint density at radius 1 is 1.04 bits per heavy atom. The van der Waals surface area contributed by atoms with Crippen LogP contribution in [0.3, 0.4) is 0 Å². The van der Waals surface area contributed by atoms with Gasteiger partial charge in [-0.2, -0.15) is 0 Å². The summed E-state index contributed by atoms with van der Waals surface area (Å²) in [5.74, 6) is 0.667. The fourth-order valence-corrected chi connectivity index (χ4v) is 5.83. The maximum Gasteiger partial charge on any atom is 0.272 e. The molecule has 0 spiro atoms. The van der Waals surface area contributed by atoms with Crippen LogP contribution >= 0.6 is 0 Å². The number of methoxy groups -OCH3 is 1. The number of rotatable bonds is 4. The van der Waals surface area contributed by atoms with Crippen molar-refractivity contribution in [2.24, 2.45) is 0 Å². The van der Waals surface area contributed by atoms with Crippen LogP contribution in [0.25, 0.3) is 10.9 Å². The summed E-state index contributed by atoms with van der Waals surface area (Å²) in [5.41, 5.74) is 2.36. The average Bonchev–Trinajstić information content (AvgIpc) is 3.06. The molecule has 0 aliphatic carbocycles. The van der Waals surface area contributed by atoms with Crippen LogP contribution in [0.5, 0.6) is 17.2 Å². The number of aromatic nitrogens is 1. The molecular formula is C35H36N4O6. The summed E-state index contributed by atoms with van der Waals surface area (Å²) in [5, 5.41) is 4.07. The third-order valence-electron chi connectivity index (χ3n) is 8.13. The normalized spacial score (nSPS) is 19.0. The Morgan fingerprint density at radius 3 is 2.76 bits per heavy atom. The van der Waals surface area contributed by atoms with E-state index in [2.05, 4.69) is 10.3 Å². The molecule has 3 aromatic carbocycles. The fourth-order valence-electron chi connectivity index (χ4n) is 5.83. The summed E-state index contributed by atoms with van der Waals surface area (Å²) in [6.07, 6.45) is 0.677. The van der Waals surface area contributed by atoms with E-state index in [-0.39, 0.29) is 43.5 Å². The van der Waals surface area contributed by atoms with Gasteiger partial charge in [-0.1, -0.05) is 43.3 Å². The van der Waals surface area contributed by atoms with Gasteiger partial charge in [-0.25, -0.2) is 4.98 Å². The van der Waals surface area contributed by atoms with Gasteiger partial charge >= 0.3 is 0 Å². The number of amides is 3. The molecule has 45 heavy (non-hydrogen) atoms. The SMILES string of the molecule is CCCN1CC(=O)N[C@H]2CCN(C(=O)c3ccc4ccccc4n3)C[C@@H]2OCc2cccc(c2)Oc2cc(ccc2OC)C1=O. The number of piperidine rings is 1. The molecule has 0 saturated carbocycles. The van der Waals surface area contributed by atoms with Gasteiger partial charge < -0.3 is 29.3 Å². The van der Waals surface area contributed by atoms with E-state index in [9.17, 15) is 14.4 Å². The van der Waals surface area contributed by atoms with Crippen molar-refractivity contribution >= 4 is 28.6 Å². The van der Waals surface area contributed by atoms with E-state index in [0.29, 0.717) is 54.4 Å². The minimum Gasteiger partial charge on any atom is -0.493 e. The first-order chi connectivity index (χ1) is 21.9. The zero-order valence-corrected chi connectivity index (χ0v) is 25.4. The maximum absolute atomic E-state index is 13.6. The largest absolute Gasteiger partial charge is 0.493 e. The van der Waals surface area contributed by atoms with Crippen molar-refractivity contribution in [1.29, 1.82) is 0 Å². The predicted octanol–water partition coefficient (Wildman–Crippen LogP) is 4.82. The van der Waals surface area contributed by atoms with Crippen LogP contribution in [0.4, 0.5) is 0 Å². The molecule has 2 aliphatic heterocycles. The third-order valence-corrected chi connectivity index (χ3v) is 8.13. The van der Waals surface area contributed by atoms with Crippen molar-refractivity contribution in [3.63, 3.8) is 0 Å². The van der Waals surface area contributed by atoms with Crippen LogP contribution in [0, 0.1) is 0 Å². The summed E-state index contributed by atoms with van der Waals surface area (Å²) in [7, 11) is 1.54. The molecule has 10 nitrogen and oxygen atoms in total. The summed E-state index contributed by atoms with van der Waals surface area (Å²) < 4.78 is 18.1. The Bertz CT molecular complexity index is 1730. The number of benzene rings is 3. The molecule has 2 aliphatic rings. The first kappa shape index (κ1) is 30.1. The zero-order chi connectivity index (χ0) is 31.3. The van der Waals surface area contributed by atoms with Crippen molar-refractivity contribution < 1.29 is 28.6 Å². The lowest BCUT2D eigenvalue weighted by Gasteiger charge is -2.39. The number of carbonyl (C=O) groups excluding carboxylic acids is 3. The number of likely N-dealkylation sites (tertiary alicyclic amines) is 1. The highest BCUT2D eigenvalue weighted by Gasteiger charge is 2.35. The summed E-state index contributed by atoms with van der Waals surface area (Å²) >= 11 is 0. The molecule has 1 fully saturated rings. The Hall–Kier alpha value is -4.96. The second-order valence-corrected chi connectivity index (χ2v) is 11.3. The fraction of sp³-hybridized carbons (Fsp3) is 0.314. The molecule has 4 aromatic rings. The molecule has 1 N–H and O–H groups in total. The number of fused-ring (bicyclic) bond motifs is 6. The molecular weight excluding hydrogens is 572 g/mol. The van der Waals surface area contributed by atoms with Gasteiger partial charge in [0.2, 0.25) is 5.91 Å². The Kier molecular flexibility index (Phi) is 8.93. The minimum absolute atomic E-state index is 0.110. The topological polar surface area (TPSA) is 110 Å². The van der Waals surface area contributed by atoms with Gasteiger partial charge in [0.25, 0.3) is 11.8 Å². The molecule has 3 heterocycles. The number of nitrogens with one attached hydrogen (secondary N) is 1. The van der Waals surface area contributed by atoms with Gasteiger partial charge in [0.1, 0.15) is 11.4 Å². The maximum atomic E-state index is 13.6. The van der Waals surface area contributed by atoms with Crippen molar-refractivity contribution in [2.75, 3.05) is 33.3 Å². The van der Waals surface area contributed by atoms with Gasteiger partial charge in [0.05, 0.1) is 37.9 Å². The van der Waals surface area contributed by atoms with Crippen molar-refractivity contribution in [1.82, 2.24) is 20.1 Å². The van der Waals surface area contributed by atoms with Gasteiger partial charge in [-0.3, -0.25) is 14.4 Å². The number of ether oxygens (including phenoxy) is 3. The average molecular weight is 609 g/mol. The van der Waals surface area contributed by atoms with Crippen LogP contribution in [-0.4, -0.2) is 77.9 Å². The standard InChI is InChI=1S/C35H36N4O6/c1-3-16-38-21-33(40)37-28-15-17-39(35(42)29-13-11-24-8-4-5-10-27(24)36-29)20-32(28)44-22-23-7-6-9-26(18-23)45-31-19-25(34(38)41)12-14-30(31)43-2/h4-14,18-19,28,32H,3,15-17,20-22H2,1-2H3,(H,37,40)/t28-,32-/m0/s1. The monoisotopic (exact) mass is 608 g/mol. The lowest BCUT2D eigenvalue weighted by Crippen LogP contribution is -2.57. The number of carbonyl (C=O) groups is 3. The van der Waals surface area contributed by atoms with Crippen molar-refractivity contribution in [2.45, 2.75) is 38.5 Å². The molecule has 0 radical (unpaired) electrons. The first-order valence-corrected chi connectivity index (χ1v) is 15.2. The Labute approximate surface area is 261 Å². The van der Waals surface area contributed by atoms with E-state index in [0.717, 1.165) is 16.5 Å². The highest BCUT2D eigenvalue weighted by Crippen LogP contribution is 2.33. The minimum atomic E-state index is -0.493. The van der Waals surface area contributed by atoms with Crippen LogP contribution in [-0.2, 0) is 16.1 Å². The molecule has 4 bridgehead atoms. The van der Waals surface area contributed by atoms with Crippen LogP contribution in [0.2, 0.25) is 0 Å². The first-order valence-electron chi connectivity index (χ1n) is 15.2. The number of hydrogen-bond acceptors (Lipinski definition) is 7. The van der Waals surface area contributed by atoms with Gasteiger partial charge in [0.15, 0.2) is 11.5 Å². The quantitative estimate of drug-likeness (QED) is 0.354. The molecule has 10 heteroatoms. The number of hydrogen-bond donors (Lipinski definition) is 1.